The molecule has 1 aromatic carbocycles. The van der Waals surface area contributed by atoms with Crippen molar-refractivity contribution < 1.29 is 32.6 Å². The fraction of sp³-hybridized carbons (Fsp3) is 0.364. The van der Waals surface area contributed by atoms with Crippen molar-refractivity contribution in [3.05, 3.63) is 35.1 Å². The van der Waals surface area contributed by atoms with Crippen molar-refractivity contribution in [3.8, 4) is 0 Å². The van der Waals surface area contributed by atoms with Crippen LogP contribution in [-0.4, -0.2) is 35.4 Å². The smallest absolute Gasteiger partial charge is 0.394 e. The van der Waals surface area contributed by atoms with E-state index in [9.17, 15) is 22.4 Å². The largest absolute Gasteiger partial charge is 0.419 e. The third-order valence-electron chi connectivity index (χ3n) is 2.31. The second-order valence-corrected chi connectivity index (χ2v) is 3.73. The summed E-state index contributed by atoms with van der Waals surface area (Å²) in [5.41, 5.74) is -1.97. The van der Waals surface area contributed by atoms with Crippen LogP contribution < -0.4 is 5.32 Å². The first kappa shape index (κ1) is 15.4. The van der Waals surface area contributed by atoms with Gasteiger partial charge in [-0.1, -0.05) is 0 Å². The number of amides is 1. The Morgan fingerprint density at radius 3 is 2.32 bits per heavy atom. The van der Waals surface area contributed by atoms with Gasteiger partial charge in [-0.05, 0) is 18.2 Å². The van der Waals surface area contributed by atoms with Crippen molar-refractivity contribution in [1.29, 1.82) is 0 Å². The summed E-state index contributed by atoms with van der Waals surface area (Å²) >= 11 is 0. The second-order valence-electron chi connectivity index (χ2n) is 3.73. The van der Waals surface area contributed by atoms with E-state index in [-0.39, 0.29) is 0 Å². The zero-order valence-electron chi connectivity index (χ0n) is 9.54. The van der Waals surface area contributed by atoms with Gasteiger partial charge in [0.2, 0.25) is 0 Å². The van der Waals surface area contributed by atoms with Crippen molar-refractivity contribution in [2.24, 2.45) is 0 Å². The van der Waals surface area contributed by atoms with Gasteiger partial charge in [0.15, 0.2) is 0 Å². The molecule has 0 aliphatic rings. The number of halogens is 4. The average Bonchev–Trinajstić information content (AvgIpc) is 2.34. The van der Waals surface area contributed by atoms with E-state index in [1.807, 2.05) is 0 Å². The van der Waals surface area contributed by atoms with Crippen LogP contribution in [0.5, 0.6) is 0 Å². The van der Waals surface area contributed by atoms with Crippen LogP contribution >= 0.6 is 0 Å². The number of alkyl halides is 3. The number of benzene rings is 1. The highest BCUT2D eigenvalue weighted by atomic mass is 19.4. The lowest BCUT2D eigenvalue weighted by atomic mass is 10.1. The van der Waals surface area contributed by atoms with Crippen LogP contribution in [0.4, 0.5) is 17.6 Å². The monoisotopic (exact) mass is 281 g/mol. The predicted octanol–water partition coefficient (Wildman–Crippen LogP) is 0.927. The molecular formula is C11H11F4NO3. The zero-order chi connectivity index (χ0) is 14.6. The van der Waals surface area contributed by atoms with E-state index < -0.39 is 48.3 Å². The van der Waals surface area contributed by atoms with Crippen molar-refractivity contribution in [2.75, 3.05) is 13.2 Å². The van der Waals surface area contributed by atoms with Crippen LogP contribution in [0.2, 0.25) is 0 Å². The summed E-state index contributed by atoms with van der Waals surface area (Å²) in [5, 5.41) is 19.6. The number of aliphatic hydroxyl groups is 2. The molecule has 1 rings (SSSR count). The van der Waals surface area contributed by atoms with Gasteiger partial charge in [-0.3, -0.25) is 4.79 Å². The fourth-order valence-corrected chi connectivity index (χ4v) is 1.30. The second kappa shape index (κ2) is 5.98. The van der Waals surface area contributed by atoms with E-state index in [1.54, 1.807) is 0 Å². The van der Waals surface area contributed by atoms with Crippen molar-refractivity contribution in [1.82, 2.24) is 5.32 Å². The molecule has 0 aliphatic heterocycles. The quantitative estimate of drug-likeness (QED) is 0.719. The van der Waals surface area contributed by atoms with E-state index >= 15 is 0 Å². The molecule has 0 aliphatic carbocycles. The van der Waals surface area contributed by atoms with E-state index in [4.69, 9.17) is 10.2 Å². The number of aliphatic hydroxyl groups excluding tert-OH is 2. The van der Waals surface area contributed by atoms with Crippen molar-refractivity contribution >= 4 is 5.91 Å². The van der Waals surface area contributed by atoms with Crippen molar-refractivity contribution in [2.45, 2.75) is 12.2 Å². The van der Waals surface area contributed by atoms with Gasteiger partial charge < -0.3 is 15.5 Å². The van der Waals surface area contributed by atoms with Gasteiger partial charge >= 0.3 is 6.18 Å². The lowest BCUT2D eigenvalue weighted by Gasteiger charge is -2.14. The summed E-state index contributed by atoms with van der Waals surface area (Å²) < 4.78 is 50.3. The molecule has 0 saturated heterocycles. The molecule has 8 heteroatoms. The third-order valence-corrected chi connectivity index (χ3v) is 2.31. The Morgan fingerprint density at radius 2 is 1.84 bits per heavy atom. The normalized spacial score (nSPS) is 11.7. The minimum Gasteiger partial charge on any atom is -0.394 e. The van der Waals surface area contributed by atoms with Gasteiger partial charge in [0.1, 0.15) is 5.82 Å². The first-order valence-corrected chi connectivity index (χ1v) is 5.19. The number of nitrogens with one attached hydrogen (secondary N) is 1. The average molecular weight is 281 g/mol. The molecule has 0 atom stereocenters. The number of hydrogen-bond acceptors (Lipinski definition) is 3. The summed E-state index contributed by atoms with van der Waals surface area (Å²) in [4.78, 5) is 11.5. The van der Waals surface area contributed by atoms with Crippen LogP contribution in [0, 0.1) is 5.82 Å². The summed E-state index contributed by atoms with van der Waals surface area (Å²) in [6, 6.07) is 0.791. The van der Waals surface area contributed by atoms with Gasteiger partial charge in [0.25, 0.3) is 5.91 Å². The number of hydrogen-bond donors (Lipinski definition) is 3. The molecule has 1 amide bonds. The maximum atomic E-state index is 13.0. The Hall–Kier alpha value is -1.67. The van der Waals surface area contributed by atoms with E-state index in [0.717, 1.165) is 6.07 Å². The molecule has 0 spiro atoms. The number of carbonyl (C=O) groups excluding carboxylic acids is 1. The van der Waals surface area contributed by atoms with E-state index in [0.29, 0.717) is 12.1 Å². The minimum absolute atomic E-state index is 0.372. The lowest BCUT2D eigenvalue weighted by molar-refractivity contribution is -0.140. The minimum atomic E-state index is -4.91. The molecule has 0 unspecified atom stereocenters. The Kier molecular flexibility index (Phi) is 4.84. The number of rotatable bonds is 4. The standard InChI is InChI=1S/C11H11F4NO3/c12-9-2-1-6(3-8(9)11(13,14)15)10(19)16-7(4-17)5-18/h1-3,7,17-18H,4-5H2,(H,16,19). The molecule has 4 nitrogen and oxygen atoms in total. The lowest BCUT2D eigenvalue weighted by Crippen LogP contribution is -2.40. The van der Waals surface area contributed by atoms with Crippen molar-refractivity contribution in [3.63, 3.8) is 0 Å². The molecule has 0 aromatic heterocycles. The number of carbonyl (C=O) groups is 1. The molecule has 0 radical (unpaired) electrons. The van der Waals surface area contributed by atoms with Crippen LogP contribution in [-0.2, 0) is 6.18 Å². The third kappa shape index (κ3) is 3.90. The Bertz CT molecular complexity index is 458. The highest BCUT2D eigenvalue weighted by Gasteiger charge is 2.34. The Labute approximate surface area is 105 Å². The van der Waals surface area contributed by atoms with Gasteiger partial charge in [0.05, 0.1) is 24.8 Å². The molecule has 0 saturated carbocycles. The Balaban J connectivity index is 2.99. The maximum absolute atomic E-state index is 13.0. The maximum Gasteiger partial charge on any atom is 0.419 e. The summed E-state index contributed by atoms with van der Waals surface area (Å²) in [6.45, 7) is -1.15. The fourth-order valence-electron chi connectivity index (χ4n) is 1.30. The Morgan fingerprint density at radius 1 is 1.26 bits per heavy atom. The van der Waals surface area contributed by atoms with Crippen LogP contribution in [0.1, 0.15) is 15.9 Å². The van der Waals surface area contributed by atoms with E-state index in [1.165, 1.54) is 0 Å². The van der Waals surface area contributed by atoms with Gasteiger partial charge in [-0.25, -0.2) is 4.39 Å². The molecular weight excluding hydrogens is 270 g/mol. The predicted molar refractivity (Wildman–Crippen MR) is 56.8 cm³/mol. The van der Waals surface area contributed by atoms with Crippen LogP contribution in [0.3, 0.4) is 0 Å². The summed E-state index contributed by atoms with van der Waals surface area (Å²) in [5.74, 6) is -2.43. The van der Waals surface area contributed by atoms with Gasteiger partial charge in [0, 0.05) is 5.56 Å². The molecule has 106 valence electrons. The SMILES string of the molecule is O=C(NC(CO)CO)c1ccc(F)c(C(F)(F)F)c1. The highest BCUT2D eigenvalue weighted by Crippen LogP contribution is 2.31. The molecule has 0 bridgehead atoms. The van der Waals surface area contributed by atoms with Gasteiger partial charge in [-0.15, -0.1) is 0 Å². The summed E-state index contributed by atoms with van der Waals surface area (Å²) in [6.07, 6.45) is -4.91. The van der Waals surface area contributed by atoms with E-state index in [2.05, 4.69) is 5.32 Å². The molecule has 1 aromatic rings. The topological polar surface area (TPSA) is 69.6 Å². The first-order chi connectivity index (χ1) is 8.79. The first-order valence-electron chi connectivity index (χ1n) is 5.19. The highest BCUT2D eigenvalue weighted by molar-refractivity contribution is 5.94. The van der Waals surface area contributed by atoms with Crippen LogP contribution in [0.15, 0.2) is 18.2 Å². The van der Waals surface area contributed by atoms with Gasteiger partial charge in [-0.2, -0.15) is 13.2 Å². The molecule has 3 N–H and O–H groups in total. The molecule has 19 heavy (non-hydrogen) atoms. The molecule has 0 heterocycles. The molecule has 0 fully saturated rings. The summed E-state index contributed by atoms with van der Waals surface area (Å²) in [7, 11) is 0. The van der Waals surface area contributed by atoms with Crippen LogP contribution in [0.25, 0.3) is 0 Å². The zero-order valence-corrected chi connectivity index (χ0v) is 9.54.